The molecule has 3 aromatic heterocycles. The quantitative estimate of drug-likeness (QED) is 0.544. The molecule has 8 heteroatoms. The molecule has 4 rings (SSSR count). The molecule has 0 aliphatic carbocycles. The van der Waals surface area contributed by atoms with Crippen molar-refractivity contribution in [1.82, 2.24) is 24.8 Å². The summed E-state index contributed by atoms with van der Waals surface area (Å²) >= 11 is 0. The Labute approximate surface area is 190 Å². The highest BCUT2D eigenvalue weighted by molar-refractivity contribution is 5.95. The minimum atomic E-state index is 0.362. The van der Waals surface area contributed by atoms with Gasteiger partial charge in [0.25, 0.3) is 0 Å². The van der Waals surface area contributed by atoms with Crippen molar-refractivity contribution < 1.29 is 0 Å². The molecule has 3 aromatic rings. The lowest BCUT2D eigenvalue weighted by atomic mass is 9.99. The van der Waals surface area contributed by atoms with E-state index in [0.29, 0.717) is 5.92 Å². The Morgan fingerprint density at radius 1 is 1.00 bits per heavy atom. The third-order valence-electron chi connectivity index (χ3n) is 5.81. The number of hydrogen-bond acceptors (Lipinski definition) is 8. The lowest BCUT2D eigenvalue weighted by molar-refractivity contribution is 0.425. The van der Waals surface area contributed by atoms with Crippen LogP contribution in [0.25, 0.3) is 10.8 Å². The summed E-state index contributed by atoms with van der Waals surface area (Å²) in [5.41, 5.74) is 1.21. The topological polar surface area (TPSA) is 82.1 Å². The van der Waals surface area contributed by atoms with Crippen molar-refractivity contribution in [3.63, 3.8) is 0 Å². The maximum atomic E-state index is 4.74. The van der Waals surface area contributed by atoms with Gasteiger partial charge in [0.2, 0.25) is 5.95 Å². The van der Waals surface area contributed by atoms with Crippen molar-refractivity contribution in [2.75, 3.05) is 55.8 Å². The van der Waals surface area contributed by atoms with Gasteiger partial charge in [0.1, 0.15) is 17.5 Å². The van der Waals surface area contributed by atoms with Crippen LogP contribution < -0.4 is 15.5 Å². The van der Waals surface area contributed by atoms with Gasteiger partial charge < -0.3 is 20.4 Å². The van der Waals surface area contributed by atoms with Crippen LogP contribution in [0.15, 0.2) is 30.7 Å². The van der Waals surface area contributed by atoms with Crippen molar-refractivity contribution >= 4 is 34.2 Å². The minimum Gasteiger partial charge on any atom is -0.368 e. The van der Waals surface area contributed by atoms with Gasteiger partial charge in [-0.15, -0.1) is 0 Å². The highest BCUT2D eigenvalue weighted by atomic mass is 15.3. The van der Waals surface area contributed by atoms with Crippen LogP contribution >= 0.6 is 0 Å². The number of hydrogen-bond donors (Lipinski definition) is 2. The largest absolute Gasteiger partial charge is 0.368 e. The molecule has 1 saturated heterocycles. The van der Waals surface area contributed by atoms with Crippen molar-refractivity contribution in [1.29, 1.82) is 0 Å². The average Bonchev–Trinajstić information content (AvgIpc) is 2.79. The molecule has 0 atom stereocenters. The summed E-state index contributed by atoms with van der Waals surface area (Å²) < 4.78 is 0. The lowest BCUT2D eigenvalue weighted by Crippen LogP contribution is -2.31. The maximum Gasteiger partial charge on any atom is 0.227 e. The summed E-state index contributed by atoms with van der Waals surface area (Å²) in [6, 6.07) is 4.00. The number of fused-ring (bicyclic) bond motifs is 1. The van der Waals surface area contributed by atoms with Gasteiger partial charge in [-0.3, -0.25) is 0 Å². The molecule has 2 N–H and O–H groups in total. The van der Waals surface area contributed by atoms with E-state index in [1.54, 1.807) is 0 Å². The monoisotopic (exact) mass is 434 g/mol. The number of rotatable bonds is 8. The Morgan fingerprint density at radius 3 is 2.56 bits per heavy atom. The average molecular weight is 435 g/mol. The van der Waals surface area contributed by atoms with E-state index in [2.05, 4.69) is 69.4 Å². The summed E-state index contributed by atoms with van der Waals surface area (Å²) in [6.07, 6.45) is 9.38. The Bertz CT molecular complexity index is 1040. The second kappa shape index (κ2) is 10.1. The normalized spacial score (nSPS) is 14.4. The zero-order valence-electron chi connectivity index (χ0n) is 19.6. The van der Waals surface area contributed by atoms with Crippen LogP contribution in [0.3, 0.4) is 0 Å². The van der Waals surface area contributed by atoms with Crippen LogP contribution in [0.4, 0.5) is 23.4 Å². The lowest BCUT2D eigenvalue weighted by Gasteiger charge is -2.26. The summed E-state index contributed by atoms with van der Waals surface area (Å²) in [6.45, 7) is 8.19. The first-order valence-electron chi connectivity index (χ1n) is 11.5. The molecule has 0 radical (unpaired) electrons. The van der Waals surface area contributed by atoms with E-state index in [1.807, 2.05) is 24.7 Å². The molecular formula is C24H34N8. The highest BCUT2D eigenvalue weighted by Gasteiger charge is 2.15. The molecule has 0 bridgehead atoms. The fraction of sp³-hybridized carbons (Fsp3) is 0.500. The summed E-state index contributed by atoms with van der Waals surface area (Å²) in [5, 5.41) is 9.04. The molecule has 8 nitrogen and oxygen atoms in total. The van der Waals surface area contributed by atoms with Gasteiger partial charge in [-0.1, -0.05) is 13.8 Å². The van der Waals surface area contributed by atoms with Crippen LogP contribution in [0.5, 0.6) is 0 Å². The van der Waals surface area contributed by atoms with E-state index in [1.165, 1.54) is 24.8 Å². The fourth-order valence-corrected chi connectivity index (χ4v) is 4.02. The second-order valence-electron chi connectivity index (χ2n) is 8.98. The van der Waals surface area contributed by atoms with Gasteiger partial charge in [0, 0.05) is 50.2 Å². The summed E-state index contributed by atoms with van der Waals surface area (Å²) in [5.74, 6) is 3.56. The number of pyridine rings is 2. The first-order valence-corrected chi connectivity index (χ1v) is 11.5. The van der Waals surface area contributed by atoms with E-state index in [4.69, 9.17) is 4.98 Å². The number of aromatic nitrogens is 4. The van der Waals surface area contributed by atoms with E-state index in [9.17, 15) is 0 Å². The highest BCUT2D eigenvalue weighted by Crippen LogP contribution is 2.31. The Morgan fingerprint density at radius 2 is 1.81 bits per heavy atom. The molecule has 1 fully saturated rings. The van der Waals surface area contributed by atoms with Crippen LogP contribution in [-0.4, -0.2) is 65.1 Å². The number of nitrogens with zero attached hydrogens (tertiary/aromatic N) is 6. The molecule has 0 aromatic carbocycles. The smallest absolute Gasteiger partial charge is 0.227 e. The molecule has 0 unspecified atom stereocenters. The van der Waals surface area contributed by atoms with Gasteiger partial charge in [0.05, 0.1) is 0 Å². The Balaban J connectivity index is 1.60. The Hall–Kier alpha value is -3.00. The number of nitrogens with one attached hydrogen (secondary N) is 2. The predicted octanol–water partition coefficient (Wildman–Crippen LogP) is 4.25. The molecule has 1 aliphatic heterocycles. The zero-order valence-corrected chi connectivity index (χ0v) is 19.6. The van der Waals surface area contributed by atoms with Gasteiger partial charge in [0.15, 0.2) is 0 Å². The van der Waals surface area contributed by atoms with Crippen LogP contribution in [0, 0.1) is 0 Å². The van der Waals surface area contributed by atoms with Crippen LogP contribution in [0.2, 0.25) is 0 Å². The van der Waals surface area contributed by atoms with Crippen molar-refractivity contribution in [3.8, 4) is 0 Å². The van der Waals surface area contributed by atoms with E-state index in [-0.39, 0.29) is 0 Å². The molecule has 1 aliphatic rings. The molecule has 0 amide bonds. The van der Waals surface area contributed by atoms with E-state index in [0.717, 1.165) is 60.4 Å². The first-order chi connectivity index (χ1) is 15.5. The molecule has 32 heavy (non-hydrogen) atoms. The molecule has 4 heterocycles. The minimum absolute atomic E-state index is 0.362. The number of piperidine rings is 1. The third kappa shape index (κ3) is 5.24. The van der Waals surface area contributed by atoms with Gasteiger partial charge in [-0.25, -0.2) is 15.0 Å². The van der Waals surface area contributed by atoms with Crippen molar-refractivity contribution in [3.05, 3.63) is 36.3 Å². The van der Waals surface area contributed by atoms with Gasteiger partial charge in [-0.2, -0.15) is 4.98 Å². The Kier molecular flexibility index (Phi) is 6.99. The SMILES string of the molecule is CC(C)c1cnc(NCCN(C)C)c2cnc(Nc3ccnc(N4CCCCC4)n3)cc12. The van der Waals surface area contributed by atoms with Gasteiger partial charge in [-0.05, 0) is 62.4 Å². The molecule has 0 saturated carbocycles. The van der Waals surface area contributed by atoms with Gasteiger partial charge >= 0.3 is 0 Å². The molecule has 0 spiro atoms. The van der Waals surface area contributed by atoms with Crippen molar-refractivity contribution in [2.24, 2.45) is 0 Å². The molecular weight excluding hydrogens is 400 g/mol. The molecule has 170 valence electrons. The maximum absolute atomic E-state index is 4.74. The predicted molar refractivity (Wildman–Crippen MR) is 132 cm³/mol. The fourth-order valence-electron chi connectivity index (χ4n) is 4.02. The van der Waals surface area contributed by atoms with E-state index >= 15 is 0 Å². The van der Waals surface area contributed by atoms with Crippen LogP contribution in [0.1, 0.15) is 44.6 Å². The zero-order chi connectivity index (χ0) is 22.5. The summed E-state index contributed by atoms with van der Waals surface area (Å²) in [4.78, 5) is 23.0. The standard InChI is InChI=1S/C24H34N8/c1-17(2)19-15-28-23(25-10-13-31(3)4)20-16-27-22(14-18(19)20)29-21-8-9-26-24(30-21)32-11-6-5-7-12-32/h8-9,14-17H,5-7,10-13H2,1-4H3,(H,25,28)(H,26,27,29,30). The number of likely N-dealkylation sites (N-methyl/N-ethyl adjacent to an activating group) is 1. The van der Waals surface area contributed by atoms with Crippen molar-refractivity contribution in [2.45, 2.75) is 39.0 Å². The van der Waals surface area contributed by atoms with E-state index < -0.39 is 0 Å². The number of anilines is 4. The van der Waals surface area contributed by atoms with Crippen LogP contribution in [-0.2, 0) is 0 Å². The first kappa shape index (κ1) is 22.2. The third-order valence-corrected chi connectivity index (χ3v) is 5.81. The summed E-state index contributed by atoms with van der Waals surface area (Å²) in [7, 11) is 4.14. The second-order valence-corrected chi connectivity index (χ2v) is 8.98.